The van der Waals surface area contributed by atoms with Gasteiger partial charge in [-0.1, -0.05) is 19.1 Å². The summed E-state index contributed by atoms with van der Waals surface area (Å²) in [5.74, 6) is 0.754. The summed E-state index contributed by atoms with van der Waals surface area (Å²) in [6.07, 6.45) is 3.47. The number of amides is 1. The Labute approximate surface area is 140 Å². The molecule has 0 aliphatic carbocycles. The van der Waals surface area contributed by atoms with E-state index in [4.69, 9.17) is 0 Å². The van der Waals surface area contributed by atoms with Gasteiger partial charge in [0.15, 0.2) is 0 Å². The third-order valence-electron chi connectivity index (χ3n) is 4.11. The van der Waals surface area contributed by atoms with E-state index in [1.165, 1.54) is 18.4 Å². The largest absolute Gasteiger partial charge is 0.325 e. The van der Waals surface area contributed by atoms with Crippen LogP contribution in [0.25, 0.3) is 0 Å². The van der Waals surface area contributed by atoms with Crippen LogP contribution in [0.15, 0.2) is 24.3 Å². The van der Waals surface area contributed by atoms with E-state index < -0.39 is 0 Å². The van der Waals surface area contributed by atoms with Crippen molar-refractivity contribution in [3.8, 4) is 0 Å². The number of nitrogens with one attached hydrogen (secondary N) is 2. The van der Waals surface area contributed by atoms with Gasteiger partial charge in [-0.05, 0) is 63.0 Å². The van der Waals surface area contributed by atoms with Crippen LogP contribution in [-0.2, 0) is 11.2 Å². The minimum Gasteiger partial charge on any atom is -0.325 e. The first-order valence-electron chi connectivity index (χ1n) is 7.97. The molecule has 0 aromatic heterocycles. The van der Waals surface area contributed by atoms with Gasteiger partial charge in [0, 0.05) is 12.2 Å². The molecule has 2 rings (SSSR count). The van der Waals surface area contributed by atoms with Gasteiger partial charge in [-0.3, -0.25) is 9.69 Å². The lowest BCUT2D eigenvalue weighted by atomic mass is 9.98. The second kappa shape index (κ2) is 9.82. The van der Waals surface area contributed by atoms with E-state index in [9.17, 15) is 4.79 Å². The van der Waals surface area contributed by atoms with Crippen molar-refractivity contribution in [2.45, 2.75) is 26.2 Å². The number of halogens is 1. The molecule has 1 aromatic carbocycles. The predicted octanol–water partition coefficient (Wildman–Crippen LogP) is 2.54. The molecule has 1 saturated heterocycles. The van der Waals surface area contributed by atoms with Gasteiger partial charge in [0.1, 0.15) is 0 Å². The lowest BCUT2D eigenvalue weighted by Gasteiger charge is -2.32. The first-order chi connectivity index (χ1) is 10.2. The first kappa shape index (κ1) is 18.9. The van der Waals surface area contributed by atoms with Crippen molar-refractivity contribution in [2.24, 2.45) is 5.92 Å². The van der Waals surface area contributed by atoms with Crippen LogP contribution < -0.4 is 10.6 Å². The average molecular weight is 326 g/mol. The summed E-state index contributed by atoms with van der Waals surface area (Å²) in [4.78, 5) is 14.4. The highest BCUT2D eigenvalue weighted by Gasteiger charge is 2.20. The van der Waals surface area contributed by atoms with E-state index in [0.717, 1.165) is 31.7 Å². The number of likely N-dealkylation sites (tertiary alicyclic amines) is 1. The molecule has 0 spiro atoms. The number of rotatable bonds is 6. The third-order valence-corrected chi connectivity index (χ3v) is 4.11. The number of hydrogen-bond acceptors (Lipinski definition) is 3. The monoisotopic (exact) mass is 325 g/mol. The van der Waals surface area contributed by atoms with Crippen molar-refractivity contribution < 1.29 is 4.79 Å². The van der Waals surface area contributed by atoms with Crippen LogP contribution in [0.4, 0.5) is 5.69 Å². The molecule has 2 N–H and O–H groups in total. The van der Waals surface area contributed by atoms with Gasteiger partial charge in [0.05, 0.1) is 6.54 Å². The van der Waals surface area contributed by atoms with E-state index >= 15 is 0 Å². The highest BCUT2D eigenvalue weighted by Crippen LogP contribution is 2.16. The maximum Gasteiger partial charge on any atom is 0.238 e. The molecule has 4 nitrogen and oxygen atoms in total. The fraction of sp³-hybridized carbons (Fsp3) is 0.588. The molecular weight excluding hydrogens is 298 g/mol. The molecule has 0 bridgehead atoms. The molecule has 0 saturated carbocycles. The Morgan fingerprint density at radius 3 is 2.68 bits per heavy atom. The zero-order valence-electron chi connectivity index (χ0n) is 13.6. The maximum atomic E-state index is 12.1. The van der Waals surface area contributed by atoms with Crippen molar-refractivity contribution in [3.05, 3.63) is 29.8 Å². The number of aryl methyl sites for hydroxylation is 1. The Hall–Kier alpha value is -1.10. The van der Waals surface area contributed by atoms with Crippen LogP contribution in [0.2, 0.25) is 0 Å². The molecule has 1 aliphatic heterocycles. The van der Waals surface area contributed by atoms with Gasteiger partial charge >= 0.3 is 0 Å². The average Bonchev–Trinajstić information content (AvgIpc) is 2.48. The SMILES string of the molecule is CCc1ccc(NC(=O)CN2CCCC(CNC)C2)cc1.Cl. The highest BCUT2D eigenvalue weighted by molar-refractivity contribution is 5.92. The van der Waals surface area contributed by atoms with Gasteiger partial charge < -0.3 is 10.6 Å². The number of nitrogens with zero attached hydrogens (tertiary/aromatic N) is 1. The summed E-state index contributed by atoms with van der Waals surface area (Å²) >= 11 is 0. The van der Waals surface area contributed by atoms with Crippen LogP contribution in [0.1, 0.15) is 25.3 Å². The van der Waals surface area contributed by atoms with E-state index in [0.29, 0.717) is 12.5 Å². The Bertz CT molecular complexity index is 448. The fourth-order valence-electron chi connectivity index (χ4n) is 2.98. The summed E-state index contributed by atoms with van der Waals surface area (Å²) in [5, 5.41) is 6.23. The number of carbonyl (C=O) groups is 1. The number of benzene rings is 1. The van der Waals surface area contributed by atoms with Gasteiger partial charge in [-0.25, -0.2) is 0 Å². The first-order valence-corrected chi connectivity index (χ1v) is 7.97. The van der Waals surface area contributed by atoms with Crippen molar-refractivity contribution in [1.82, 2.24) is 10.2 Å². The fourth-order valence-corrected chi connectivity index (χ4v) is 2.98. The van der Waals surface area contributed by atoms with Crippen molar-refractivity contribution >= 4 is 24.0 Å². The van der Waals surface area contributed by atoms with Gasteiger partial charge in [-0.15, -0.1) is 12.4 Å². The molecule has 1 unspecified atom stereocenters. The predicted molar refractivity (Wildman–Crippen MR) is 94.8 cm³/mol. The molecule has 5 heteroatoms. The van der Waals surface area contributed by atoms with Crippen LogP contribution in [0, 0.1) is 5.92 Å². The second-order valence-corrected chi connectivity index (χ2v) is 5.90. The minimum absolute atomic E-state index is 0. The van der Waals surface area contributed by atoms with E-state index in [1.807, 2.05) is 19.2 Å². The Kier molecular flexibility index (Phi) is 8.46. The molecule has 1 atom stereocenters. The Balaban J connectivity index is 0.00000242. The standard InChI is InChI=1S/C17H27N3O.ClH/c1-3-14-6-8-16(9-7-14)19-17(21)13-20-10-4-5-15(12-20)11-18-2;/h6-9,15,18H,3-5,10-13H2,1-2H3,(H,19,21);1H. The third kappa shape index (κ3) is 5.95. The van der Waals surface area contributed by atoms with Crippen LogP contribution in [0.3, 0.4) is 0 Å². The van der Waals surface area contributed by atoms with Crippen molar-refractivity contribution in [3.63, 3.8) is 0 Å². The van der Waals surface area contributed by atoms with Crippen LogP contribution in [0.5, 0.6) is 0 Å². The number of anilines is 1. The highest BCUT2D eigenvalue weighted by atomic mass is 35.5. The van der Waals surface area contributed by atoms with Gasteiger partial charge in [0.25, 0.3) is 0 Å². The quantitative estimate of drug-likeness (QED) is 0.845. The van der Waals surface area contributed by atoms with Crippen LogP contribution in [-0.4, -0.2) is 44.0 Å². The van der Waals surface area contributed by atoms with E-state index in [1.54, 1.807) is 0 Å². The molecule has 124 valence electrons. The van der Waals surface area contributed by atoms with E-state index in [-0.39, 0.29) is 18.3 Å². The molecular formula is C17H28ClN3O. The molecule has 1 fully saturated rings. The van der Waals surface area contributed by atoms with E-state index in [2.05, 4.69) is 34.6 Å². The topological polar surface area (TPSA) is 44.4 Å². The molecule has 1 amide bonds. The molecule has 1 aromatic rings. The summed E-state index contributed by atoms with van der Waals surface area (Å²) in [7, 11) is 1.99. The summed E-state index contributed by atoms with van der Waals surface area (Å²) in [6, 6.07) is 8.10. The Morgan fingerprint density at radius 2 is 2.05 bits per heavy atom. The zero-order valence-corrected chi connectivity index (χ0v) is 14.4. The normalized spacial score (nSPS) is 18.5. The molecule has 22 heavy (non-hydrogen) atoms. The molecule has 1 aliphatic rings. The molecule has 1 heterocycles. The maximum absolute atomic E-state index is 12.1. The van der Waals surface area contributed by atoms with Gasteiger partial charge in [0.2, 0.25) is 5.91 Å². The lowest BCUT2D eigenvalue weighted by molar-refractivity contribution is -0.117. The molecule has 0 radical (unpaired) electrons. The second-order valence-electron chi connectivity index (χ2n) is 5.90. The zero-order chi connectivity index (χ0) is 15.1. The Morgan fingerprint density at radius 1 is 1.32 bits per heavy atom. The number of piperidine rings is 1. The lowest BCUT2D eigenvalue weighted by Crippen LogP contribution is -2.42. The smallest absolute Gasteiger partial charge is 0.238 e. The van der Waals surface area contributed by atoms with Crippen molar-refractivity contribution in [2.75, 3.05) is 38.5 Å². The number of hydrogen-bond donors (Lipinski definition) is 2. The summed E-state index contributed by atoms with van der Waals surface area (Å²) in [6.45, 7) is 5.71. The number of carbonyl (C=O) groups excluding carboxylic acids is 1. The minimum atomic E-state index is 0. The summed E-state index contributed by atoms with van der Waals surface area (Å²) < 4.78 is 0. The van der Waals surface area contributed by atoms with Crippen molar-refractivity contribution in [1.29, 1.82) is 0 Å². The summed E-state index contributed by atoms with van der Waals surface area (Å²) in [5.41, 5.74) is 2.18. The van der Waals surface area contributed by atoms with Gasteiger partial charge in [-0.2, -0.15) is 0 Å². The van der Waals surface area contributed by atoms with Crippen LogP contribution >= 0.6 is 12.4 Å².